The van der Waals surface area contributed by atoms with Gasteiger partial charge in [-0.1, -0.05) is 6.07 Å². The van der Waals surface area contributed by atoms with Crippen molar-refractivity contribution >= 4 is 11.0 Å². The molecule has 4 rings (SSSR count). The lowest BCUT2D eigenvalue weighted by molar-refractivity contribution is -2.00. The van der Waals surface area contributed by atoms with Crippen molar-refractivity contribution in [3.05, 3.63) is 83.1 Å². The molecule has 0 bridgehead atoms. The number of hydrogen-bond donors (Lipinski definition) is 1. The molecule has 2 heterocycles. The van der Waals surface area contributed by atoms with Gasteiger partial charge in [0, 0.05) is 5.56 Å². The van der Waals surface area contributed by atoms with Crippen LogP contribution in [0.25, 0.3) is 22.3 Å². The molecule has 0 radical (unpaired) electrons. The Bertz CT molecular complexity index is 1230. The first-order chi connectivity index (χ1) is 15.1. The molecule has 32 heavy (non-hydrogen) atoms. The summed E-state index contributed by atoms with van der Waals surface area (Å²) < 4.78 is 50.9. The summed E-state index contributed by atoms with van der Waals surface area (Å²) in [7, 11) is -3.28. The highest BCUT2D eigenvalue weighted by Crippen LogP contribution is 2.25. The molecule has 0 atom stereocenters. The summed E-state index contributed by atoms with van der Waals surface area (Å²) in [5.74, 6) is 2.51. The van der Waals surface area contributed by atoms with Crippen molar-refractivity contribution in [2.75, 3.05) is 7.11 Å². The average Bonchev–Trinajstić information content (AvgIpc) is 3.24. The van der Waals surface area contributed by atoms with E-state index in [-0.39, 0.29) is 0 Å². The van der Waals surface area contributed by atoms with Crippen LogP contribution < -0.4 is 33.7 Å². The third-order valence-corrected chi connectivity index (χ3v) is 4.62. The fourth-order valence-corrected chi connectivity index (χ4v) is 3.34. The lowest BCUT2D eigenvalue weighted by Gasteiger charge is -2.17. The molecular weight excluding hydrogens is 438 g/mol. The summed E-state index contributed by atoms with van der Waals surface area (Å²) in [6, 6.07) is 18.0. The van der Waals surface area contributed by atoms with Gasteiger partial charge in [0.25, 0.3) is 0 Å². The van der Waals surface area contributed by atoms with Crippen LogP contribution >= 0.6 is 0 Å². The first-order valence-electron chi connectivity index (χ1n) is 9.54. The van der Waals surface area contributed by atoms with E-state index >= 15 is 0 Å². The standard InChI is InChI=1S/C23H21NO3.ClHO4/c1-15-11-16(2)23-20(24-14-19-5-4-10-26-19)13-21(27-22(23)12-15)17-6-8-18(25-3)9-7-17;2-1(3,4)5/h4-13H,14H2,1-3H3;(H,2,3,4,5). The lowest BCUT2D eigenvalue weighted by atomic mass is 10.0. The molecule has 0 unspecified atom stereocenters. The van der Waals surface area contributed by atoms with Gasteiger partial charge in [0.15, 0.2) is 12.3 Å². The molecule has 1 N–H and O–H groups in total. The molecule has 168 valence electrons. The van der Waals surface area contributed by atoms with Crippen LogP contribution in [0.15, 0.2) is 69.7 Å². The van der Waals surface area contributed by atoms with Crippen molar-refractivity contribution in [2.24, 2.45) is 0 Å². The van der Waals surface area contributed by atoms with Crippen molar-refractivity contribution in [3.63, 3.8) is 0 Å². The number of rotatable bonds is 4. The summed E-state index contributed by atoms with van der Waals surface area (Å²) in [5.41, 5.74) is 4.21. The second kappa shape index (κ2) is 9.99. The molecule has 0 saturated heterocycles. The van der Waals surface area contributed by atoms with E-state index in [4.69, 9.17) is 32.2 Å². The topological polar surface area (TPSA) is 142 Å². The molecule has 0 saturated carbocycles. The second-order valence-electron chi connectivity index (χ2n) is 7.02. The third-order valence-electron chi connectivity index (χ3n) is 4.62. The Morgan fingerprint density at radius 2 is 1.66 bits per heavy atom. The Balaban J connectivity index is 0.000000523. The van der Waals surface area contributed by atoms with Crippen molar-refractivity contribution in [1.29, 1.82) is 0 Å². The van der Waals surface area contributed by atoms with Crippen LogP contribution in [0.1, 0.15) is 16.9 Å². The third kappa shape index (κ3) is 6.43. The number of benzene rings is 2. The van der Waals surface area contributed by atoms with E-state index < -0.39 is 10.2 Å². The number of hydrogen-bond acceptors (Lipinski definition) is 7. The van der Waals surface area contributed by atoms with E-state index in [1.54, 1.807) is 13.4 Å². The summed E-state index contributed by atoms with van der Waals surface area (Å²) in [6.07, 6.45) is 1.69. The number of methoxy groups -OCH3 is 1. The first-order valence-corrected chi connectivity index (χ1v) is 10.8. The number of fused-ring (bicyclic) bond motifs is 1. The highest BCUT2D eigenvalue weighted by molar-refractivity contribution is 5.82. The summed E-state index contributed by atoms with van der Waals surface area (Å²) in [4.78, 5) is 3.50. The zero-order valence-electron chi connectivity index (χ0n) is 17.7. The van der Waals surface area contributed by atoms with Crippen molar-refractivity contribution < 1.29 is 47.4 Å². The number of furan rings is 1. The van der Waals surface area contributed by atoms with Crippen molar-refractivity contribution in [3.8, 4) is 17.1 Å². The number of aryl methyl sites for hydroxylation is 2. The fraction of sp³-hybridized carbons (Fsp3) is 0.174. The normalized spacial score (nSPS) is 11.9. The predicted octanol–water partition coefficient (Wildman–Crippen LogP) is -1.26. The maximum absolute atomic E-state index is 8.49. The van der Waals surface area contributed by atoms with Gasteiger partial charge in [0.2, 0.25) is 5.36 Å². The van der Waals surface area contributed by atoms with E-state index in [0.717, 1.165) is 39.2 Å². The van der Waals surface area contributed by atoms with Crippen LogP contribution in [0.4, 0.5) is 0 Å². The molecule has 0 aliphatic rings. The summed E-state index contributed by atoms with van der Waals surface area (Å²) in [6.45, 7) is 4.80. The molecule has 8 nitrogen and oxygen atoms in total. The van der Waals surface area contributed by atoms with Crippen LogP contribution in [-0.4, -0.2) is 7.11 Å². The maximum atomic E-state index is 8.49. The summed E-state index contributed by atoms with van der Waals surface area (Å²) in [5, 5.41) is 2.11. The Morgan fingerprint density at radius 1 is 0.969 bits per heavy atom. The maximum Gasteiger partial charge on any atom is 0.213 e. The molecule has 4 aromatic rings. The largest absolute Gasteiger partial charge is 0.497 e. The van der Waals surface area contributed by atoms with Gasteiger partial charge >= 0.3 is 0 Å². The molecule has 0 amide bonds. The average molecular weight is 460 g/mol. The van der Waals surface area contributed by atoms with Crippen LogP contribution in [0, 0.1) is 24.1 Å². The minimum Gasteiger partial charge on any atom is -0.497 e. The number of ether oxygens (including phenoxy) is 1. The van der Waals surface area contributed by atoms with E-state index in [9.17, 15) is 0 Å². The van der Waals surface area contributed by atoms with Gasteiger partial charge in [-0.3, -0.25) is 0 Å². The van der Waals surface area contributed by atoms with E-state index in [2.05, 4.69) is 37.0 Å². The summed E-state index contributed by atoms with van der Waals surface area (Å²) >= 11 is 0. The number of nitrogens with one attached hydrogen (secondary N) is 1. The Morgan fingerprint density at radius 3 is 2.25 bits per heavy atom. The quantitative estimate of drug-likeness (QED) is 0.401. The molecule has 0 spiro atoms. The van der Waals surface area contributed by atoms with E-state index in [1.165, 1.54) is 11.1 Å². The minimum absolute atomic E-state index is 0.613. The zero-order valence-corrected chi connectivity index (χ0v) is 18.5. The highest BCUT2D eigenvalue weighted by Gasteiger charge is 2.12. The van der Waals surface area contributed by atoms with Gasteiger partial charge in [-0.05, 0) is 67.4 Å². The fourth-order valence-electron chi connectivity index (χ4n) is 3.34. The first kappa shape index (κ1) is 23.5. The highest BCUT2D eigenvalue weighted by atomic mass is 35.7. The zero-order chi connectivity index (χ0) is 23.3. The van der Waals surface area contributed by atoms with Gasteiger partial charge in [0.05, 0.1) is 24.8 Å². The molecular formula is C23H22ClNO7. The van der Waals surface area contributed by atoms with Crippen LogP contribution in [-0.2, 0) is 6.54 Å². The Labute approximate surface area is 186 Å². The molecule has 0 aliphatic carbocycles. The van der Waals surface area contributed by atoms with Gasteiger partial charge in [-0.2, -0.15) is 0 Å². The molecule has 2 aromatic carbocycles. The Hall–Kier alpha value is -3.14. The lowest BCUT2D eigenvalue weighted by Crippen LogP contribution is -2.75. The van der Waals surface area contributed by atoms with Gasteiger partial charge < -0.3 is 13.6 Å². The van der Waals surface area contributed by atoms with E-state index in [1.807, 2.05) is 36.4 Å². The monoisotopic (exact) mass is 459 g/mol. The van der Waals surface area contributed by atoms with Gasteiger partial charge in [-0.25, -0.2) is 23.6 Å². The molecule has 9 heteroatoms. The molecule has 0 aliphatic heterocycles. The van der Waals surface area contributed by atoms with E-state index in [0.29, 0.717) is 6.54 Å². The molecule has 2 aromatic heterocycles. The number of halogens is 1. The Kier molecular flexibility index (Phi) is 7.34. The van der Waals surface area contributed by atoms with Crippen LogP contribution in [0.2, 0.25) is 0 Å². The smallest absolute Gasteiger partial charge is 0.213 e. The van der Waals surface area contributed by atoms with Crippen LogP contribution in [0.5, 0.6) is 5.75 Å². The van der Waals surface area contributed by atoms with Crippen molar-refractivity contribution in [2.45, 2.75) is 20.4 Å². The predicted molar refractivity (Wildman–Crippen MR) is 104 cm³/mol. The van der Waals surface area contributed by atoms with Gasteiger partial charge in [-0.15, -0.1) is 10.2 Å². The SMILES string of the molecule is COc1ccc(-c2cc(=[NH+]Cc3ccco3)c3c(C)cc(C)cc3o2)cc1.[O-][Cl+3]([O-])([O-])[O-]. The molecule has 0 fully saturated rings. The van der Waals surface area contributed by atoms with Crippen molar-refractivity contribution in [1.82, 2.24) is 0 Å². The van der Waals surface area contributed by atoms with Gasteiger partial charge in [0.1, 0.15) is 17.1 Å². The minimum atomic E-state index is -4.94. The second-order valence-corrected chi connectivity index (χ2v) is 7.77. The van der Waals surface area contributed by atoms with Crippen LogP contribution in [0.3, 0.4) is 0 Å².